The molecule has 2 amide bonds. The molecule has 132 valence electrons. The minimum atomic E-state index is -4.37. The Morgan fingerprint density at radius 1 is 1.28 bits per heavy atom. The first kappa shape index (κ1) is 18.5. The number of rotatable bonds is 6. The average molecular weight is 385 g/mol. The maximum atomic E-state index is 12.5. The molecule has 2 rings (SSSR count). The zero-order valence-corrected chi connectivity index (χ0v) is 14.2. The second-order valence-corrected chi connectivity index (χ2v) is 6.83. The Hall–Kier alpha value is -2.85. The summed E-state index contributed by atoms with van der Waals surface area (Å²) in [6, 6.07) is 5.02. The van der Waals surface area contributed by atoms with Crippen LogP contribution in [-0.4, -0.2) is 31.8 Å². The van der Waals surface area contributed by atoms with Gasteiger partial charge in [-0.15, -0.1) is 0 Å². The highest BCUT2D eigenvalue weighted by Gasteiger charge is 2.24. The van der Waals surface area contributed by atoms with Gasteiger partial charge in [0.15, 0.2) is 6.61 Å². The summed E-state index contributed by atoms with van der Waals surface area (Å²) in [5, 5.41) is 0.0835. The zero-order valence-electron chi connectivity index (χ0n) is 12.6. The third kappa shape index (κ3) is 4.58. The molecule has 1 aromatic carbocycles. The molecule has 1 aromatic heterocycles. The van der Waals surface area contributed by atoms with Gasteiger partial charge in [0.05, 0.1) is 5.56 Å². The number of sulfonamides is 1. The smallest absolute Gasteiger partial charge is 0.268 e. The molecule has 9 nitrogen and oxygen atoms in total. The first-order chi connectivity index (χ1) is 11.7. The lowest BCUT2D eigenvalue weighted by atomic mass is 10.2. The van der Waals surface area contributed by atoms with Crippen molar-refractivity contribution in [2.45, 2.75) is 4.90 Å². The van der Waals surface area contributed by atoms with E-state index in [0.29, 0.717) is 0 Å². The Morgan fingerprint density at radius 3 is 2.64 bits per heavy atom. The van der Waals surface area contributed by atoms with Crippen molar-refractivity contribution in [1.82, 2.24) is 9.71 Å². The predicted molar refractivity (Wildman–Crippen MR) is 89.4 cm³/mol. The standard InChI is InChI=1S/C14H13ClN4O5S/c15-8-1-2-11(24-7-13(17)20)12(5-8)25(22,23)19-14(21)9-6-18-4-3-10(9)16/h1-6H,7H2,(H2,16,18)(H2,17,20)(H,19,21). The molecule has 1 heterocycles. The SMILES string of the molecule is NC(=O)COc1ccc(Cl)cc1S(=O)(=O)NC(=O)c1cnccc1N. The number of nitrogens with two attached hydrogens (primary N) is 2. The van der Waals surface area contributed by atoms with Crippen molar-refractivity contribution in [3.63, 3.8) is 0 Å². The third-order valence-electron chi connectivity index (χ3n) is 2.89. The normalized spacial score (nSPS) is 10.9. The molecule has 0 atom stereocenters. The number of hydrogen-bond donors (Lipinski definition) is 3. The highest BCUT2D eigenvalue weighted by atomic mass is 35.5. The molecular formula is C14H13ClN4O5S. The number of benzene rings is 1. The molecule has 2 aromatic rings. The summed E-state index contributed by atoms with van der Waals surface area (Å²) in [7, 11) is -4.37. The Bertz CT molecular complexity index is 933. The van der Waals surface area contributed by atoms with Crippen LogP contribution in [0, 0.1) is 0 Å². The van der Waals surface area contributed by atoms with E-state index < -0.39 is 33.3 Å². The zero-order chi connectivity index (χ0) is 18.6. The number of pyridine rings is 1. The van der Waals surface area contributed by atoms with Crippen molar-refractivity contribution in [2.75, 3.05) is 12.3 Å². The van der Waals surface area contributed by atoms with Crippen LogP contribution in [0.5, 0.6) is 5.75 Å². The molecule has 25 heavy (non-hydrogen) atoms. The van der Waals surface area contributed by atoms with Crippen molar-refractivity contribution in [3.8, 4) is 5.75 Å². The van der Waals surface area contributed by atoms with E-state index >= 15 is 0 Å². The van der Waals surface area contributed by atoms with Crippen molar-refractivity contribution >= 4 is 39.1 Å². The van der Waals surface area contributed by atoms with Crippen LogP contribution in [0.1, 0.15) is 10.4 Å². The highest BCUT2D eigenvalue weighted by molar-refractivity contribution is 7.90. The average Bonchev–Trinajstić information content (AvgIpc) is 2.53. The van der Waals surface area contributed by atoms with Gasteiger partial charge in [-0.05, 0) is 24.3 Å². The van der Waals surface area contributed by atoms with E-state index in [1.807, 2.05) is 4.72 Å². The van der Waals surface area contributed by atoms with Gasteiger partial charge in [-0.2, -0.15) is 0 Å². The second-order valence-electron chi connectivity index (χ2n) is 4.74. The number of nitrogens with one attached hydrogen (secondary N) is 1. The van der Waals surface area contributed by atoms with E-state index in [-0.39, 0.29) is 22.0 Å². The molecule has 0 fully saturated rings. The number of nitrogen functional groups attached to an aromatic ring is 1. The van der Waals surface area contributed by atoms with Crippen molar-refractivity contribution in [1.29, 1.82) is 0 Å². The molecule has 11 heteroatoms. The summed E-state index contributed by atoms with van der Waals surface area (Å²) < 4.78 is 31.9. The first-order valence-corrected chi connectivity index (χ1v) is 8.54. The van der Waals surface area contributed by atoms with Gasteiger partial charge in [-0.25, -0.2) is 13.1 Å². The van der Waals surface area contributed by atoms with Crippen molar-refractivity contribution < 1.29 is 22.7 Å². The predicted octanol–water partition coefficient (Wildman–Crippen LogP) is 0.300. The van der Waals surface area contributed by atoms with Gasteiger partial charge in [0.1, 0.15) is 10.6 Å². The van der Waals surface area contributed by atoms with Gasteiger partial charge in [0.2, 0.25) is 0 Å². The Morgan fingerprint density at radius 2 is 2.00 bits per heavy atom. The topological polar surface area (TPSA) is 154 Å². The molecule has 0 saturated heterocycles. The molecule has 0 radical (unpaired) electrons. The summed E-state index contributed by atoms with van der Waals surface area (Å²) in [5.74, 6) is -1.97. The van der Waals surface area contributed by atoms with Crippen LogP contribution in [0.25, 0.3) is 0 Å². The number of primary amides is 1. The minimum Gasteiger partial charge on any atom is -0.482 e. The number of anilines is 1. The summed E-state index contributed by atoms with van der Waals surface area (Å²) in [6.07, 6.45) is 2.48. The minimum absolute atomic E-state index is 0.0546. The molecule has 0 saturated carbocycles. The quantitative estimate of drug-likeness (QED) is 0.646. The van der Waals surface area contributed by atoms with E-state index in [1.54, 1.807) is 0 Å². The lowest BCUT2D eigenvalue weighted by Gasteiger charge is -2.13. The fraction of sp³-hybridized carbons (Fsp3) is 0.0714. The summed E-state index contributed by atoms with van der Waals surface area (Å²) in [4.78, 5) is 26.3. The first-order valence-electron chi connectivity index (χ1n) is 6.68. The highest BCUT2D eigenvalue weighted by Crippen LogP contribution is 2.27. The van der Waals surface area contributed by atoms with E-state index in [9.17, 15) is 18.0 Å². The van der Waals surface area contributed by atoms with Gasteiger partial charge in [-0.1, -0.05) is 11.6 Å². The molecule has 0 bridgehead atoms. The van der Waals surface area contributed by atoms with Crippen molar-refractivity contribution in [3.05, 3.63) is 47.2 Å². The monoisotopic (exact) mass is 384 g/mol. The van der Waals surface area contributed by atoms with E-state index in [2.05, 4.69) is 4.98 Å². The number of ether oxygens (including phenoxy) is 1. The van der Waals surface area contributed by atoms with Crippen LogP contribution in [0.15, 0.2) is 41.6 Å². The second kappa shape index (κ2) is 7.36. The summed E-state index contributed by atoms with van der Waals surface area (Å²) >= 11 is 5.81. The Labute approximate surface area is 148 Å². The number of aromatic nitrogens is 1. The molecule has 5 N–H and O–H groups in total. The summed E-state index contributed by atoms with van der Waals surface area (Å²) in [6.45, 7) is -0.548. The van der Waals surface area contributed by atoms with Crippen molar-refractivity contribution in [2.24, 2.45) is 5.73 Å². The van der Waals surface area contributed by atoms with Crippen LogP contribution in [0.2, 0.25) is 5.02 Å². The Balaban J connectivity index is 2.36. The van der Waals surface area contributed by atoms with E-state index in [4.69, 9.17) is 27.8 Å². The van der Waals surface area contributed by atoms with E-state index in [1.165, 1.54) is 24.4 Å². The van der Waals surface area contributed by atoms with E-state index in [0.717, 1.165) is 12.3 Å². The summed E-state index contributed by atoms with van der Waals surface area (Å²) in [5.41, 5.74) is 10.5. The molecule has 0 aliphatic heterocycles. The fourth-order valence-electron chi connectivity index (χ4n) is 1.79. The number of nitrogens with zero attached hydrogens (tertiary/aromatic N) is 1. The van der Waals surface area contributed by atoms with Gasteiger partial charge >= 0.3 is 0 Å². The number of hydrogen-bond acceptors (Lipinski definition) is 7. The van der Waals surface area contributed by atoms with Crippen LogP contribution < -0.4 is 20.9 Å². The molecule has 0 aliphatic rings. The maximum absolute atomic E-state index is 12.5. The largest absolute Gasteiger partial charge is 0.482 e. The van der Waals surface area contributed by atoms with Gasteiger partial charge in [0, 0.05) is 23.1 Å². The third-order valence-corrected chi connectivity index (χ3v) is 4.48. The molecular weight excluding hydrogens is 372 g/mol. The van der Waals surface area contributed by atoms with Gasteiger partial charge in [0.25, 0.3) is 21.8 Å². The van der Waals surface area contributed by atoms with Crippen LogP contribution in [0.4, 0.5) is 5.69 Å². The lowest BCUT2D eigenvalue weighted by Crippen LogP contribution is -2.31. The molecule has 0 aliphatic carbocycles. The number of halogens is 1. The Kier molecular flexibility index (Phi) is 5.45. The van der Waals surface area contributed by atoms with Gasteiger partial charge in [-0.3, -0.25) is 14.6 Å². The number of carbonyl (C=O) groups excluding carboxylic acids is 2. The molecule has 0 unspecified atom stereocenters. The fourth-order valence-corrected chi connectivity index (χ4v) is 3.16. The number of carbonyl (C=O) groups is 2. The number of amides is 2. The molecule has 0 spiro atoms. The van der Waals surface area contributed by atoms with Crippen LogP contribution in [0.3, 0.4) is 0 Å². The van der Waals surface area contributed by atoms with Crippen LogP contribution >= 0.6 is 11.6 Å². The maximum Gasteiger partial charge on any atom is 0.268 e. The lowest BCUT2D eigenvalue weighted by molar-refractivity contribution is -0.120. The van der Waals surface area contributed by atoms with Crippen LogP contribution in [-0.2, 0) is 14.8 Å². The van der Waals surface area contributed by atoms with Gasteiger partial charge < -0.3 is 16.2 Å².